The van der Waals surface area contributed by atoms with Crippen LogP contribution < -0.4 is 0 Å². The van der Waals surface area contributed by atoms with Crippen LogP contribution in [-0.2, 0) is 14.0 Å². The fourth-order valence-electron chi connectivity index (χ4n) is 3.01. The molecule has 1 aromatic carbocycles. The van der Waals surface area contributed by atoms with Gasteiger partial charge in [0.1, 0.15) is 11.4 Å². The molecule has 3 nitrogen and oxygen atoms in total. The number of rotatable bonds is 9. The molecular formula is C25H42BrFO3Si. The molecule has 1 unspecified atom stereocenters. The lowest BCUT2D eigenvalue weighted by atomic mass is 9.85. The van der Waals surface area contributed by atoms with E-state index >= 15 is 0 Å². The van der Waals surface area contributed by atoms with Crippen molar-refractivity contribution >= 4 is 30.2 Å². The summed E-state index contributed by atoms with van der Waals surface area (Å²) in [5.41, 5.74) is -0.253. The van der Waals surface area contributed by atoms with Crippen molar-refractivity contribution in [1.29, 1.82) is 0 Å². The Bertz CT molecular complexity index is 748. The quantitative estimate of drug-likeness (QED) is 0.244. The molecule has 0 saturated carbocycles. The van der Waals surface area contributed by atoms with Crippen LogP contribution in [0.4, 0.5) is 4.39 Å². The summed E-state index contributed by atoms with van der Waals surface area (Å²) in [4.78, 5) is 12.9. The molecule has 0 amide bonds. The van der Waals surface area contributed by atoms with Gasteiger partial charge in [0.05, 0.1) is 10.4 Å². The molecule has 1 aromatic rings. The molecule has 0 fully saturated rings. The number of benzene rings is 1. The van der Waals surface area contributed by atoms with E-state index in [-0.39, 0.29) is 22.2 Å². The summed E-state index contributed by atoms with van der Waals surface area (Å²) >= 11 is 3.24. The van der Waals surface area contributed by atoms with Gasteiger partial charge in [0, 0.05) is 12.2 Å². The van der Waals surface area contributed by atoms with Gasteiger partial charge >= 0.3 is 5.97 Å². The first kappa shape index (κ1) is 28.3. The molecule has 178 valence electrons. The van der Waals surface area contributed by atoms with E-state index < -0.39 is 19.8 Å². The Hall–Kier alpha value is -0.723. The summed E-state index contributed by atoms with van der Waals surface area (Å²) in [5.74, 6) is -1.40. The zero-order chi connectivity index (χ0) is 24.3. The van der Waals surface area contributed by atoms with Gasteiger partial charge in [-0.15, -0.1) is 0 Å². The third kappa shape index (κ3) is 8.97. The highest BCUT2D eigenvalue weighted by atomic mass is 79.9. The van der Waals surface area contributed by atoms with Gasteiger partial charge in [0.2, 0.25) is 0 Å². The number of esters is 1. The first-order valence-corrected chi connectivity index (χ1v) is 14.9. The molecule has 0 saturated heterocycles. The average molecular weight is 518 g/mol. The normalized spacial score (nSPS) is 14.5. The van der Waals surface area contributed by atoms with Gasteiger partial charge in [0.25, 0.3) is 0 Å². The van der Waals surface area contributed by atoms with Crippen LogP contribution in [0.15, 0.2) is 22.7 Å². The summed E-state index contributed by atoms with van der Waals surface area (Å²) in [6, 6.07) is 5.09. The number of halogens is 2. The summed E-state index contributed by atoms with van der Waals surface area (Å²) in [5, 5.41) is 0.170. The van der Waals surface area contributed by atoms with E-state index in [4.69, 9.17) is 9.16 Å². The Balaban J connectivity index is 2.89. The van der Waals surface area contributed by atoms with Crippen molar-refractivity contribution in [3.8, 4) is 0 Å². The van der Waals surface area contributed by atoms with Gasteiger partial charge in [-0.1, -0.05) is 53.2 Å². The first-order chi connectivity index (χ1) is 13.9. The third-order valence-corrected chi connectivity index (χ3v) is 11.1. The van der Waals surface area contributed by atoms with Crippen molar-refractivity contribution < 1.29 is 18.3 Å². The third-order valence-electron chi connectivity index (χ3n) is 6.02. The lowest BCUT2D eigenvalue weighted by Gasteiger charge is -2.39. The maximum atomic E-state index is 14.8. The second kappa shape index (κ2) is 10.5. The van der Waals surface area contributed by atoms with Crippen molar-refractivity contribution in [2.24, 2.45) is 5.41 Å². The molecule has 1 atom stereocenters. The van der Waals surface area contributed by atoms with Crippen LogP contribution in [0.1, 0.15) is 86.1 Å². The van der Waals surface area contributed by atoms with Crippen molar-refractivity contribution in [1.82, 2.24) is 0 Å². The predicted octanol–water partition coefficient (Wildman–Crippen LogP) is 8.23. The lowest BCUT2D eigenvalue weighted by molar-refractivity contribution is -0.157. The zero-order valence-corrected chi connectivity index (χ0v) is 23.7. The van der Waals surface area contributed by atoms with Gasteiger partial charge in [-0.3, -0.25) is 4.79 Å². The minimum Gasteiger partial charge on any atom is -0.459 e. The van der Waals surface area contributed by atoms with Gasteiger partial charge in [-0.25, -0.2) is 4.39 Å². The van der Waals surface area contributed by atoms with Gasteiger partial charge in [-0.2, -0.15) is 0 Å². The molecule has 0 radical (unpaired) electrons. The van der Waals surface area contributed by atoms with Crippen molar-refractivity contribution in [3.05, 3.63) is 34.1 Å². The molecule has 0 N–H and O–H groups in total. The molecule has 0 aliphatic carbocycles. The number of hydrogen-bond donors (Lipinski definition) is 0. The van der Waals surface area contributed by atoms with Crippen LogP contribution in [0.25, 0.3) is 0 Å². The van der Waals surface area contributed by atoms with E-state index in [1.807, 2.05) is 20.8 Å². The minimum atomic E-state index is -1.82. The van der Waals surface area contributed by atoms with E-state index in [2.05, 4.69) is 63.6 Å². The van der Waals surface area contributed by atoms with Gasteiger partial charge in [0.15, 0.2) is 8.32 Å². The van der Waals surface area contributed by atoms with E-state index in [0.29, 0.717) is 23.1 Å². The van der Waals surface area contributed by atoms with Gasteiger partial charge in [-0.05, 0) is 79.2 Å². The zero-order valence-electron chi connectivity index (χ0n) is 21.1. The van der Waals surface area contributed by atoms with Gasteiger partial charge < -0.3 is 9.16 Å². The molecule has 0 aromatic heterocycles. The highest BCUT2D eigenvalue weighted by Crippen LogP contribution is 2.39. The highest BCUT2D eigenvalue weighted by molar-refractivity contribution is 9.10. The molecule has 0 heterocycles. The van der Waals surface area contributed by atoms with Crippen LogP contribution >= 0.6 is 15.9 Å². The standard InChI is InChI=1S/C25H42BrFO3Si/c1-23(2,3)30-22(28)19(18-13-11-15-20(26)21(18)27)14-12-16-25(7,8)17-29-31(9,10)24(4,5)6/h11,13,15,19H,12,14,16-17H2,1-10H3. The van der Waals surface area contributed by atoms with E-state index in [1.54, 1.807) is 18.2 Å². The smallest absolute Gasteiger partial charge is 0.314 e. The Morgan fingerprint density at radius 3 is 2.19 bits per heavy atom. The average Bonchev–Trinajstić information content (AvgIpc) is 2.57. The Morgan fingerprint density at radius 1 is 1.10 bits per heavy atom. The Kier molecular flexibility index (Phi) is 9.56. The van der Waals surface area contributed by atoms with Crippen molar-refractivity contribution in [2.45, 2.75) is 104 Å². The minimum absolute atomic E-state index is 0.0240. The fourth-order valence-corrected chi connectivity index (χ4v) is 4.58. The predicted molar refractivity (Wildman–Crippen MR) is 133 cm³/mol. The van der Waals surface area contributed by atoms with Crippen LogP contribution in [0.5, 0.6) is 0 Å². The monoisotopic (exact) mass is 516 g/mol. The topological polar surface area (TPSA) is 35.5 Å². The second-order valence-corrected chi connectivity index (χ2v) is 17.5. The summed E-state index contributed by atoms with van der Waals surface area (Å²) in [6.45, 7) is 21.8. The summed E-state index contributed by atoms with van der Waals surface area (Å²) in [7, 11) is -1.82. The molecule has 0 aliphatic rings. The fraction of sp³-hybridized carbons (Fsp3) is 0.720. The number of carbonyl (C=O) groups excluding carboxylic acids is 1. The molecule has 0 spiro atoms. The first-order valence-electron chi connectivity index (χ1n) is 11.2. The van der Waals surface area contributed by atoms with Crippen LogP contribution in [0.2, 0.25) is 18.1 Å². The van der Waals surface area contributed by atoms with E-state index in [0.717, 1.165) is 12.8 Å². The maximum absolute atomic E-state index is 14.8. The van der Waals surface area contributed by atoms with Crippen LogP contribution in [-0.4, -0.2) is 26.5 Å². The maximum Gasteiger partial charge on any atom is 0.314 e. The molecule has 6 heteroatoms. The number of carbonyl (C=O) groups is 1. The SMILES string of the molecule is CC(C)(CCCC(C(=O)OC(C)(C)C)c1cccc(Br)c1F)CO[Si](C)(C)C(C)(C)C. The molecule has 0 bridgehead atoms. The largest absolute Gasteiger partial charge is 0.459 e. The molecule has 1 rings (SSSR count). The van der Waals surface area contributed by atoms with Crippen LogP contribution in [0.3, 0.4) is 0 Å². The number of ether oxygens (including phenoxy) is 1. The van der Waals surface area contributed by atoms with E-state index in [1.165, 1.54) is 0 Å². The highest BCUT2D eigenvalue weighted by Gasteiger charge is 2.38. The molecule has 31 heavy (non-hydrogen) atoms. The Labute approximate surface area is 198 Å². The molecular weight excluding hydrogens is 475 g/mol. The van der Waals surface area contributed by atoms with Crippen LogP contribution in [0, 0.1) is 11.2 Å². The number of hydrogen-bond acceptors (Lipinski definition) is 3. The second-order valence-electron chi connectivity index (χ2n) is 11.8. The van der Waals surface area contributed by atoms with E-state index in [9.17, 15) is 9.18 Å². The molecule has 0 aliphatic heterocycles. The van der Waals surface area contributed by atoms with Crippen molar-refractivity contribution in [3.63, 3.8) is 0 Å². The van der Waals surface area contributed by atoms with Crippen molar-refractivity contribution in [2.75, 3.05) is 6.61 Å². The summed E-state index contributed by atoms with van der Waals surface area (Å²) < 4.78 is 27.2. The lowest BCUT2D eigenvalue weighted by Crippen LogP contribution is -2.43. The summed E-state index contributed by atoms with van der Waals surface area (Å²) in [6.07, 6.45) is 2.20. The Morgan fingerprint density at radius 2 is 1.68 bits per heavy atom.